The second kappa shape index (κ2) is 4.64. The second-order valence-electron chi connectivity index (χ2n) is 3.84. The lowest BCUT2D eigenvalue weighted by molar-refractivity contribution is 0.156. The molecule has 0 saturated heterocycles. The molecule has 3 heteroatoms. The predicted molar refractivity (Wildman–Crippen MR) is 56.9 cm³/mol. The van der Waals surface area contributed by atoms with Gasteiger partial charge < -0.3 is 14.9 Å². The summed E-state index contributed by atoms with van der Waals surface area (Å²) in [5, 5.41) is 18.4. The zero-order chi connectivity index (χ0) is 10.7. The first-order valence-electron chi connectivity index (χ1n) is 5.36. The van der Waals surface area contributed by atoms with E-state index in [9.17, 15) is 5.11 Å². The smallest absolute Gasteiger partial charge is 0.119 e. The summed E-state index contributed by atoms with van der Waals surface area (Å²) in [6.45, 7) is 0.348. The first-order valence-corrected chi connectivity index (χ1v) is 5.36. The van der Waals surface area contributed by atoms with Crippen LogP contribution in [0, 0.1) is 0 Å². The molecule has 0 fully saturated rings. The van der Waals surface area contributed by atoms with Crippen molar-refractivity contribution in [3.8, 4) is 5.75 Å². The van der Waals surface area contributed by atoms with Crippen LogP contribution in [0.5, 0.6) is 5.75 Å². The van der Waals surface area contributed by atoms with E-state index in [1.54, 1.807) is 0 Å². The van der Waals surface area contributed by atoms with Gasteiger partial charge in [-0.15, -0.1) is 0 Å². The van der Waals surface area contributed by atoms with Gasteiger partial charge >= 0.3 is 0 Å². The Balaban J connectivity index is 2.18. The van der Waals surface area contributed by atoms with Crippen LogP contribution >= 0.6 is 0 Å². The lowest BCUT2D eigenvalue weighted by Gasteiger charge is -2.21. The number of rotatable bonds is 3. The maximum absolute atomic E-state index is 9.75. The van der Waals surface area contributed by atoms with Crippen LogP contribution in [0.4, 0.5) is 0 Å². The van der Waals surface area contributed by atoms with Gasteiger partial charge in [-0.1, -0.05) is 6.07 Å². The minimum atomic E-state index is -0.319. The van der Waals surface area contributed by atoms with Gasteiger partial charge in [-0.2, -0.15) is 0 Å². The Labute approximate surface area is 89.3 Å². The number of aliphatic hydroxyl groups excluding tert-OH is 2. The first-order chi connectivity index (χ1) is 7.31. The fourth-order valence-corrected chi connectivity index (χ4v) is 2.02. The molecule has 0 aliphatic heterocycles. The van der Waals surface area contributed by atoms with E-state index in [1.807, 2.05) is 18.2 Å². The molecule has 0 amide bonds. The Kier molecular flexibility index (Phi) is 3.23. The van der Waals surface area contributed by atoms with E-state index in [0.717, 1.165) is 30.6 Å². The highest BCUT2D eigenvalue weighted by molar-refractivity contribution is 5.38. The van der Waals surface area contributed by atoms with Gasteiger partial charge in [-0.05, 0) is 42.5 Å². The van der Waals surface area contributed by atoms with Crippen molar-refractivity contribution in [3.63, 3.8) is 0 Å². The third-order valence-corrected chi connectivity index (χ3v) is 2.76. The molecule has 1 aromatic carbocycles. The molecular weight excluding hydrogens is 192 g/mol. The summed E-state index contributed by atoms with van der Waals surface area (Å²) in [5.74, 6) is 0.775. The van der Waals surface area contributed by atoms with Crippen molar-refractivity contribution in [3.05, 3.63) is 29.3 Å². The third kappa shape index (κ3) is 2.30. The molecule has 1 atom stereocenters. The molecule has 1 unspecified atom stereocenters. The highest BCUT2D eigenvalue weighted by atomic mass is 16.5. The molecule has 1 aromatic rings. The van der Waals surface area contributed by atoms with Gasteiger partial charge in [-0.3, -0.25) is 0 Å². The normalized spacial score (nSPS) is 19.7. The van der Waals surface area contributed by atoms with Gasteiger partial charge in [0, 0.05) is 0 Å². The number of hydrogen-bond donors (Lipinski definition) is 2. The first kappa shape index (κ1) is 10.5. The topological polar surface area (TPSA) is 49.7 Å². The highest BCUT2D eigenvalue weighted by Crippen LogP contribution is 2.31. The van der Waals surface area contributed by atoms with Crippen LogP contribution < -0.4 is 4.74 Å². The number of ether oxygens (including phenoxy) is 1. The zero-order valence-electron chi connectivity index (χ0n) is 8.65. The molecule has 82 valence electrons. The van der Waals surface area contributed by atoms with Crippen LogP contribution in [0.25, 0.3) is 0 Å². The molecule has 0 aromatic heterocycles. The molecule has 0 radical (unpaired) electrons. The monoisotopic (exact) mass is 208 g/mol. The molecule has 2 rings (SSSR count). The summed E-state index contributed by atoms with van der Waals surface area (Å²) < 4.78 is 5.32. The van der Waals surface area contributed by atoms with Crippen LogP contribution in [0.3, 0.4) is 0 Å². The van der Waals surface area contributed by atoms with Crippen molar-refractivity contribution in [2.75, 3.05) is 13.2 Å². The van der Waals surface area contributed by atoms with E-state index in [-0.39, 0.29) is 12.7 Å². The van der Waals surface area contributed by atoms with Crippen molar-refractivity contribution in [2.45, 2.75) is 25.4 Å². The second-order valence-corrected chi connectivity index (χ2v) is 3.84. The molecule has 15 heavy (non-hydrogen) atoms. The van der Waals surface area contributed by atoms with Crippen molar-refractivity contribution < 1.29 is 14.9 Å². The maximum atomic E-state index is 9.75. The van der Waals surface area contributed by atoms with Crippen molar-refractivity contribution in [1.82, 2.24) is 0 Å². The number of aryl methyl sites for hydroxylation is 1. The standard InChI is InChI=1S/C12H16O3/c13-6-7-15-10-4-5-11-9(8-10)2-1-3-12(11)14/h4-5,8,12-14H,1-3,6-7H2. The largest absolute Gasteiger partial charge is 0.491 e. The molecule has 1 aliphatic rings. The molecule has 2 N–H and O–H groups in total. The molecular formula is C12H16O3. The summed E-state index contributed by atoms with van der Waals surface area (Å²) in [5.41, 5.74) is 2.20. The van der Waals surface area contributed by atoms with E-state index >= 15 is 0 Å². The molecule has 0 bridgehead atoms. The van der Waals surface area contributed by atoms with E-state index in [1.165, 1.54) is 5.56 Å². The van der Waals surface area contributed by atoms with Crippen molar-refractivity contribution in [2.24, 2.45) is 0 Å². The summed E-state index contributed by atoms with van der Waals surface area (Å²) in [7, 11) is 0. The van der Waals surface area contributed by atoms with Gasteiger partial charge in [0.05, 0.1) is 12.7 Å². The minimum absolute atomic E-state index is 0.0275. The van der Waals surface area contributed by atoms with Crippen molar-refractivity contribution in [1.29, 1.82) is 0 Å². The number of benzene rings is 1. The van der Waals surface area contributed by atoms with Gasteiger partial charge in [0.1, 0.15) is 12.4 Å². The molecule has 0 saturated carbocycles. The Bertz CT molecular complexity index is 336. The molecule has 1 aliphatic carbocycles. The molecule has 0 heterocycles. The van der Waals surface area contributed by atoms with Gasteiger partial charge in [0.2, 0.25) is 0 Å². The van der Waals surface area contributed by atoms with Crippen LogP contribution in [0.1, 0.15) is 30.1 Å². The quantitative estimate of drug-likeness (QED) is 0.790. The van der Waals surface area contributed by atoms with Crippen LogP contribution in [-0.4, -0.2) is 23.4 Å². The summed E-state index contributed by atoms with van der Waals surface area (Å²) >= 11 is 0. The maximum Gasteiger partial charge on any atom is 0.119 e. The Hall–Kier alpha value is -1.06. The highest BCUT2D eigenvalue weighted by Gasteiger charge is 2.17. The SMILES string of the molecule is OCCOc1ccc2c(c1)CCCC2O. The number of hydrogen-bond acceptors (Lipinski definition) is 3. The van der Waals surface area contributed by atoms with Gasteiger partial charge in [0.15, 0.2) is 0 Å². The Morgan fingerprint density at radius 2 is 2.27 bits per heavy atom. The number of fused-ring (bicyclic) bond motifs is 1. The average molecular weight is 208 g/mol. The van der Waals surface area contributed by atoms with E-state index in [2.05, 4.69) is 0 Å². The van der Waals surface area contributed by atoms with Crippen LogP contribution in [-0.2, 0) is 6.42 Å². The lowest BCUT2D eigenvalue weighted by Crippen LogP contribution is -2.09. The summed E-state index contributed by atoms with van der Waals surface area (Å²) in [6, 6.07) is 5.74. The summed E-state index contributed by atoms with van der Waals surface area (Å²) in [4.78, 5) is 0. The predicted octanol–water partition coefficient (Wildman–Crippen LogP) is 1.43. The van der Waals surface area contributed by atoms with Crippen molar-refractivity contribution >= 4 is 0 Å². The lowest BCUT2D eigenvalue weighted by atomic mass is 9.89. The van der Waals surface area contributed by atoms with Crippen LogP contribution in [0.15, 0.2) is 18.2 Å². The molecule has 0 spiro atoms. The van der Waals surface area contributed by atoms with E-state index in [0.29, 0.717) is 6.61 Å². The van der Waals surface area contributed by atoms with Gasteiger partial charge in [-0.25, -0.2) is 0 Å². The number of aliphatic hydroxyl groups is 2. The van der Waals surface area contributed by atoms with E-state index < -0.39 is 0 Å². The molecule has 3 nitrogen and oxygen atoms in total. The fourth-order valence-electron chi connectivity index (χ4n) is 2.02. The third-order valence-electron chi connectivity index (χ3n) is 2.76. The zero-order valence-corrected chi connectivity index (χ0v) is 8.65. The fraction of sp³-hybridized carbons (Fsp3) is 0.500. The average Bonchev–Trinajstić information content (AvgIpc) is 2.26. The Morgan fingerprint density at radius 1 is 1.40 bits per heavy atom. The minimum Gasteiger partial charge on any atom is -0.491 e. The van der Waals surface area contributed by atoms with Gasteiger partial charge in [0.25, 0.3) is 0 Å². The summed E-state index contributed by atoms with van der Waals surface area (Å²) in [6.07, 6.45) is 2.56. The van der Waals surface area contributed by atoms with Crippen LogP contribution in [0.2, 0.25) is 0 Å². The Morgan fingerprint density at radius 3 is 3.07 bits per heavy atom. The van der Waals surface area contributed by atoms with E-state index in [4.69, 9.17) is 9.84 Å².